The fraction of sp³-hybridized carbons (Fsp3) is 0.542. The molecule has 2 aliphatic rings. The predicted molar refractivity (Wildman–Crippen MR) is 138 cm³/mol. The van der Waals surface area contributed by atoms with Crippen LogP contribution in [0.1, 0.15) is 19.3 Å². The summed E-state index contributed by atoms with van der Waals surface area (Å²) in [6, 6.07) is 9.10. The maximum Gasteiger partial charge on any atom is 0.244 e. The molecule has 2 aromatic rings. The number of aliphatic hydroxyl groups is 1. The molecule has 0 amide bonds. The molecule has 210 valence electrons. The second-order valence-electron chi connectivity index (χ2n) is 9.39. The van der Waals surface area contributed by atoms with Gasteiger partial charge >= 0.3 is 0 Å². The number of nitrogens with zero attached hydrogens (tertiary/aromatic N) is 2. The highest BCUT2D eigenvalue weighted by molar-refractivity contribution is 7.89. The number of sulfonamides is 2. The monoisotopic (exact) mass is 570 g/mol. The third-order valence-corrected chi connectivity index (χ3v) is 10.2. The van der Waals surface area contributed by atoms with Crippen LogP contribution in [-0.2, 0) is 24.8 Å². The van der Waals surface area contributed by atoms with Gasteiger partial charge in [0.05, 0.1) is 30.4 Å². The molecule has 4 rings (SSSR count). The van der Waals surface area contributed by atoms with E-state index in [1.54, 1.807) is 12.1 Å². The number of aliphatic hydroxyl groups excluding tert-OH is 1. The topological polar surface area (TPSA) is 156 Å². The molecule has 38 heavy (non-hydrogen) atoms. The van der Waals surface area contributed by atoms with Crippen molar-refractivity contribution in [3.8, 4) is 11.6 Å². The van der Waals surface area contributed by atoms with Crippen LogP contribution in [0, 0.1) is 0 Å². The first-order valence-corrected chi connectivity index (χ1v) is 15.2. The quantitative estimate of drug-likeness (QED) is 0.344. The van der Waals surface area contributed by atoms with Crippen LogP contribution in [0.4, 0.5) is 0 Å². The average Bonchev–Trinajstić information content (AvgIpc) is 3.33. The van der Waals surface area contributed by atoms with Gasteiger partial charge in [-0.05, 0) is 44.5 Å². The van der Waals surface area contributed by atoms with Gasteiger partial charge in [0.15, 0.2) is 0 Å². The molecule has 0 saturated carbocycles. The minimum atomic E-state index is -3.65. The van der Waals surface area contributed by atoms with Crippen molar-refractivity contribution in [2.75, 3.05) is 47.0 Å². The van der Waals surface area contributed by atoms with Gasteiger partial charge in [0.25, 0.3) is 0 Å². The molecule has 0 bridgehead atoms. The Morgan fingerprint density at radius 3 is 2.61 bits per heavy atom. The van der Waals surface area contributed by atoms with Crippen LogP contribution in [-0.4, -0.2) is 96.0 Å². The zero-order chi connectivity index (χ0) is 27.4. The van der Waals surface area contributed by atoms with Gasteiger partial charge in [0.2, 0.25) is 25.9 Å². The molecule has 2 atom stereocenters. The molecule has 0 radical (unpaired) electrons. The van der Waals surface area contributed by atoms with E-state index < -0.39 is 31.8 Å². The Hall–Kier alpha value is -2.33. The lowest BCUT2D eigenvalue weighted by molar-refractivity contribution is -0.0312. The van der Waals surface area contributed by atoms with Crippen molar-refractivity contribution < 1.29 is 36.2 Å². The van der Waals surface area contributed by atoms with E-state index in [0.717, 1.165) is 0 Å². The molecule has 1 aromatic carbocycles. The maximum atomic E-state index is 13.0. The summed E-state index contributed by atoms with van der Waals surface area (Å²) >= 11 is 0. The summed E-state index contributed by atoms with van der Waals surface area (Å²) in [5.74, 6) is 0.695. The molecule has 2 fully saturated rings. The number of nitrogens with one attached hydrogen (secondary N) is 2. The van der Waals surface area contributed by atoms with Gasteiger partial charge in [-0.15, -0.1) is 0 Å². The highest BCUT2D eigenvalue weighted by Gasteiger charge is 2.44. The third-order valence-electron chi connectivity index (χ3n) is 6.87. The van der Waals surface area contributed by atoms with Crippen LogP contribution < -0.4 is 19.5 Å². The molecule has 12 nitrogen and oxygen atoms in total. The minimum absolute atomic E-state index is 0.0121. The summed E-state index contributed by atoms with van der Waals surface area (Å²) in [5, 5.41) is 13.7. The number of aromatic nitrogens is 1. The fourth-order valence-electron chi connectivity index (χ4n) is 4.65. The van der Waals surface area contributed by atoms with E-state index in [1.165, 1.54) is 48.9 Å². The van der Waals surface area contributed by atoms with Crippen molar-refractivity contribution in [2.24, 2.45) is 0 Å². The van der Waals surface area contributed by atoms with Crippen LogP contribution in [0.2, 0.25) is 0 Å². The van der Waals surface area contributed by atoms with Crippen molar-refractivity contribution in [1.29, 1.82) is 0 Å². The summed E-state index contributed by atoms with van der Waals surface area (Å²) in [6.45, 7) is 1.41. The molecule has 2 aliphatic heterocycles. The molecule has 2 saturated heterocycles. The van der Waals surface area contributed by atoms with E-state index in [-0.39, 0.29) is 29.0 Å². The lowest BCUT2D eigenvalue weighted by atomic mass is 9.88. The third kappa shape index (κ3) is 6.62. The van der Waals surface area contributed by atoms with Crippen molar-refractivity contribution >= 4 is 20.0 Å². The highest BCUT2D eigenvalue weighted by Crippen LogP contribution is 2.37. The molecule has 1 aromatic heterocycles. The van der Waals surface area contributed by atoms with E-state index in [0.29, 0.717) is 50.6 Å². The molecule has 3 N–H and O–H groups in total. The van der Waals surface area contributed by atoms with Crippen LogP contribution in [0.5, 0.6) is 11.6 Å². The smallest absolute Gasteiger partial charge is 0.244 e. The first kappa shape index (κ1) is 28.7. The Labute approximate surface area is 223 Å². The Morgan fingerprint density at radius 2 is 1.95 bits per heavy atom. The van der Waals surface area contributed by atoms with Crippen molar-refractivity contribution in [1.82, 2.24) is 19.3 Å². The number of hydrogen-bond acceptors (Lipinski definition) is 10. The molecule has 3 heterocycles. The van der Waals surface area contributed by atoms with E-state index in [9.17, 15) is 21.9 Å². The summed E-state index contributed by atoms with van der Waals surface area (Å²) in [6.07, 6.45) is 2.35. The van der Waals surface area contributed by atoms with Crippen LogP contribution in [0.15, 0.2) is 52.4 Å². The van der Waals surface area contributed by atoms with Gasteiger partial charge < -0.3 is 24.6 Å². The number of ether oxygens (including phenoxy) is 3. The number of rotatable bonds is 11. The van der Waals surface area contributed by atoms with Crippen LogP contribution in [0.3, 0.4) is 0 Å². The summed E-state index contributed by atoms with van der Waals surface area (Å²) < 4.78 is 70.3. The highest BCUT2D eigenvalue weighted by atomic mass is 32.2. The number of methoxy groups -OCH3 is 1. The van der Waals surface area contributed by atoms with Gasteiger partial charge in [-0.2, -0.15) is 4.31 Å². The molecular weight excluding hydrogens is 536 g/mol. The minimum Gasteiger partial charge on any atom is -0.491 e. The van der Waals surface area contributed by atoms with Gasteiger partial charge in [0.1, 0.15) is 23.4 Å². The Kier molecular flexibility index (Phi) is 8.92. The van der Waals surface area contributed by atoms with Gasteiger partial charge in [-0.3, -0.25) is 0 Å². The first-order valence-electron chi connectivity index (χ1n) is 12.3. The van der Waals surface area contributed by atoms with Gasteiger partial charge in [-0.1, -0.05) is 6.07 Å². The van der Waals surface area contributed by atoms with E-state index in [1.807, 2.05) is 0 Å². The summed E-state index contributed by atoms with van der Waals surface area (Å²) in [7, 11) is -4.43. The zero-order valence-electron chi connectivity index (χ0n) is 21.4. The SMILES string of the molecule is CNS(=O)(=O)c1cccc(OCC(O)CNC2COC3(CCN(S(=O)(=O)c4ccc(OC)nc4)CC3)C2)c1. The molecule has 2 unspecified atom stereocenters. The van der Waals surface area contributed by atoms with Crippen LogP contribution >= 0.6 is 0 Å². The fourth-order valence-corrected chi connectivity index (χ4v) is 6.80. The Balaban J connectivity index is 1.22. The lowest BCUT2D eigenvalue weighted by Gasteiger charge is -2.38. The van der Waals surface area contributed by atoms with Crippen LogP contribution in [0.25, 0.3) is 0 Å². The molecule has 14 heteroatoms. The lowest BCUT2D eigenvalue weighted by Crippen LogP contribution is -2.47. The number of hydrogen-bond donors (Lipinski definition) is 3. The van der Waals surface area contributed by atoms with Crippen molar-refractivity contribution in [2.45, 2.75) is 46.8 Å². The number of pyridine rings is 1. The Morgan fingerprint density at radius 1 is 1.18 bits per heavy atom. The van der Waals surface area contributed by atoms with E-state index in [2.05, 4.69) is 15.0 Å². The van der Waals surface area contributed by atoms with E-state index >= 15 is 0 Å². The summed E-state index contributed by atoms with van der Waals surface area (Å²) in [5.41, 5.74) is -0.400. The molecule has 1 spiro atoms. The largest absolute Gasteiger partial charge is 0.491 e. The second-order valence-corrected chi connectivity index (χ2v) is 13.2. The summed E-state index contributed by atoms with van der Waals surface area (Å²) in [4.78, 5) is 4.22. The zero-order valence-corrected chi connectivity index (χ0v) is 23.0. The standard InChI is InChI=1S/C24H34N4O8S2/c1-25-37(30,31)21-5-3-4-20(12-21)35-17-19(29)14-26-18-13-24(36-16-18)8-10-28(11-9-24)38(32,33)22-6-7-23(34-2)27-15-22/h3-7,12,15,18-19,25-26,29H,8-11,13-14,16-17H2,1-2H3. The van der Waals surface area contributed by atoms with E-state index in [4.69, 9.17) is 14.2 Å². The van der Waals surface area contributed by atoms with Crippen molar-refractivity contribution in [3.05, 3.63) is 42.6 Å². The second kappa shape index (κ2) is 11.8. The number of piperidine rings is 1. The maximum absolute atomic E-state index is 13.0. The normalized spacial score (nSPS) is 20.9. The first-order chi connectivity index (χ1) is 18.1. The molecular formula is C24H34N4O8S2. The number of benzene rings is 1. The van der Waals surface area contributed by atoms with Gasteiger partial charge in [-0.25, -0.2) is 26.5 Å². The molecule has 0 aliphatic carbocycles. The predicted octanol–water partition coefficient (Wildman–Crippen LogP) is 0.340. The average molecular weight is 571 g/mol. The van der Waals surface area contributed by atoms with Crippen molar-refractivity contribution in [3.63, 3.8) is 0 Å². The Bertz CT molecular complexity index is 1300. The van der Waals surface area contributed by atoms with Gasteiger partial charge in [0, 0.05) is 37.8 Å².